The minimum absolute atomic E-state index is 0.263. The van der Waals surface area contributed by atoms with Crippen LogP contribution < -0.4 is 16.7 Å². The lowest BCUT2D eigenvalue weighted by molar-refractivity contribution is -0.115. The number of anilines is 1. The number of thioether (sulfide) groups is 1. The molecule has 3 aromatic heterocycles. The van der Waals surface area contributed by atoms with Gasteiger partial charge in [0.15, 0.2) is 11.0 Å². The summed E-state index contributed by atoms with van der Waals surface area (Å²) in [6.45, 7) is 3.62. The Morgan fingerprint density at radius 1 is 1.37 bits per heavy atom. The molecule has 0 fully saturated rings. The highest BCUT2D eigenvalue weighted by molar-refractivity contribution is 8.00. The molecule has 10 heteroatoms. The third kappa shape index (κ3) is 3.83. The molecule has 0 spiro atoms. The summed E-state index contributed by atoms with van der Waals surface area (Å²) in [5.74, 6) is 6.76. The zero-order valence-electron chi connectivity index (χ0n) is 16.3. The summed E-state index contributed by atoms with van der Waals surface area (Å²) < 4.78 is 5.99. The quantitative estimate of drug-likeness (QED) is 0.266. The van der Waals surface area contributed by atoms with Gasteiger partial charge in [0.1, 0.15) is 10.6 Å². The minimum Gasteiger partial charge on any atom is -0.360 e. The van der Waals surface area contributed by atoms with E-state index in [-0.39, 0.29) is 16.6 Å². The number of thiophene rings is 1. The topological polar surface area (TPSA) is 116 Å². The van der Waals surface area contributed by atoms with Crippen LogP contribution in [0.5, 0.6) is 0 Å². The summed E-state index contributed by atoms with van der Waals surface area (Å²) in [5, 5.41) is 8.65. The van der Waals surface area contributed by atoms with Crippen LogP contribution in [0.2, 0.25) is 0 Å². The van der Waals surface area contributed by atoms with Crippen LogP contribution in [-0.4, -0.2) is 26.0 Å². The van der Waals surface area contributed by atoms with E-state index >= 15 is 0 Å². The second-order valence-electron chi connectivity index (χ2n) is 6.59. The van der Waals surface area contributed by atoms with Crippen LogP contribution in [0.15, 0.2) is 56.3 Å². The number of aryl methyl sites for hydroxylation is 1. The number of amides is 1. The second-order valence-corrected chi connectivity index (χ2v) is 8.62. The molecule has 3 N–H and O–H groups in total. The van der Waals surface area contributed by atoms with E-state index in [9.17, 15) is 9.59 Å². The maximum atomic E-state index is 13.0. The van der Waals surface area contributed by atoms with Gasteiger partial charge < -0.3 is 15.7 Å². The van der Waals surface area contributed by atoms with Gasteiger partial charge in [-0.1, -0.05) is 54.2 Å². The molecule has 4 rings (SSSR count). The van der Waals surface area contributed by atoms with E-state index in [1.54, 1.807) is 13.0 Å². The smallest absolute Gasteiger partial charge is 0.282 e. The molecule has 4 aromatic rings. The van der Waals surface area contributed by atoms with E-state index in [0.717, 1.165) is 27.6 Å². The van der Waals surface area contributed by atoms with Crippen LogP contribution in [0.1, 0.15) is 19.1 Å². The zero-order chi connectivity index (χ0) is 21.3. The van der Waals surface area contributed by atoms with Gasteiger partial charge in [0.25, 0.3) is 5.56 Å². The molecule has 3 heterocycles. The van der Waals surface area contributed by atoms with Crippen molar-refractivity contribution in [2.75, 3.05) is 11.2 Å². The van der Waals surface area contributed by atoms with Gasteiger partial charge >= 0.3 is 0 Å². The first-order chi connectivity index (χ1) is 14.5. The first-order valence-corrected chi connectivity index (χ1v) is 11.0. The number of rotatable bonds is 6. The number of hydrogen-bond donors (Lipinski definition) is 2. The standard InChI is InChI=1S/C20H19N5O3S2/c1-3-14(17(26)22-15-9-11(2)28-24-15)30-20-23-18-16(19(27)25(20)21)13(10-29-18)12-7-5-4-6-8-12/h4-10,14H,3,21H2,1-2H3,(H,22,24,26). The molecule has 1 unspecified atom stereocenters. The van der Waals surface area contributed by atoms with Gasteiger partial charge in [0.2, 0.25) is 5.91 Å². The van der Waals surface area contributed by atoms with Crippen molar-refractivity contribution in [1.82, 2.24) is 14.8 Å². The Hall–Kier alpha value is -3.11. The van der Waals surface area contributed by atoms with Crippen LogP contribution in [-0.2, 0) is 4.79 Å². The molecule has 0 aliphatic rings. The monoisotopic (exact) mass is 441 g/mol. The summed E-state index contributed by atoms with van der Waals surface area (Å²) >= 11 is 2.52. The molecular weight excluding hydrogens is 422 g/mol. The molecule has 0 saturated carbocycles. The first-order valence-electron chi connectivity index (χ1n) is 9.23. The van der Waals surface area contributed by atoms with Gasteiger partial charge in [-0.25, -0.2) is 9.66 Å². The maximum Gasteiger partial charge on any atom is 0.282 e. The molecule has 0 saturated heterocycles. The number of nitrogens with one attached hydrogen (secondary N) is 1. The highest BCUT2D eigenvalue weighted by atomic mass is 32.2. The first kappa shape index (κ1) is 20.2. The Morgan fingerprint density at radius 2 is 2.13 bits per heavy atom. The van der Waals surface area contributed by atoms with Crippen molar-refractivity contribution >= 4 is 45.0 Å². The minimum atomic E-state index is -0.505. The number of aromatic nitrogens is 3. The van der Waals surface area contributed by atoms with Crippen LogP contribution in [0.4, 0.5) is 5.82 Å². The number of nitrogens with two attached hydrogens (primary N) is 1. The molecule has 1 atom stereocenters. The van der Waals surface area contributed by atoms with E-state index in [0.29, 0.717) is 28.2 Å². The van der Waals surface area contributed by atoms with Crippen LogP contribution in [0, 0.1) is 6.92 Å². The lowest BCUT2D eigenvalue weighted by Crippen LogP contribution is -2.32. The van der Waals surface area contributed by atoms with Crippen molar-refractivity contribution in [1.29, 1.82) is 0 Å². The van der Waals surface area contributed by atoms with Crippen molar-refractivity contribution in [2.45, 2.75) is 30.7 Å². The fraction of sp³-hybridized carbons (Fsp3) is 0.200. The average molecular weight is 442 g/mol. The zero-order valence-corrected chi connectivity index (χ0v) is 17.9. The summed E-state index contributed by atoms with van der Waals surface area (Å²) in [6.07, 6.45) is 0.515. The largest absolute Gasteiger partial charge is 0.360 e. The van der Waals surface area contributed by atoms with E-state index < -0.39 is 5.25 Å². The van der Waals surface area contributed by atoms with Crippen molar-refractivity contribution < 1.29 is 9.32 Å². The molecule has 154 valence electrons. The molecule has 30 heavy (non-hydrogen) atoms. The fourth-order valence-electron chi connectivity index (χ4n) is 2.98. The predicted octanol–water partition coefficient (Wildman–Crippen LogP) is 3.64. The fourth-order valence-corrected chi connectivity index (χ4v) is 4.90. The summed E-state index contributed by atoms with van der Waals surface area (Å²) in [4.78, 5) is 30.8. The molecule has 1 aromatic carbocycles. The second kappa shape index (κ2) is 8.33. The maximum absolute atomic E-state index is 13.0. The molecule has 0 radical (unpaired) electrons. The predicted molar refractivity (Wildman–Crippen MR) is 119 cm³/mol. The van der Waals surface area contributed by atoms with E-state index in [1.807, 2.05) is 42.6 Å². The Kier molecular flexibility index (Phi) is 5.60. The lowest BCUT2D eigenvalue weighted by atomic mass is 10.1. The summed E-state index contributed by atoms with van der Waals surface area (Å²) in [5.41, 5.74) is 1.39. The number of carbonyl (C=O) groups is 1. The summed E-state index contributed by atoms with van der Waals surface area (Å²) in [6, 6.07) is 11.3. The molecule has 1 amide bonds. The van der Waals surface area contributed by atoms with Gasteiger partial charge in [-0.15, -0.1) is 11.3 Å². The normalized spacial score (nSPS) is 12.2. The summed E-state index contributed by atoms with van der Waals surface area (Å²) in [7, 11) is 0. The Labute approximate surface area is 180 Å². The molecular formula is C20H19N5O3S2. The Morgan fingerprint density at radius 3 is 2.80 bits per heavy atom. The molecule has 0 aliphatic carbocycles. The number of nitrogens with zero attached hydrogens (tertiary/aromatic N) is 3. The lowest BCUT2D eigenvalue weighted by Gasteiger charge is -2.14. The highest BCUT2D eigenvalue weighted by Gasteiger charge is 2.23. The SMILES string of the molecule is CCC(Sc1nc2scc(-c3ccccc3)c2c(=O)n1N)C(=O)Nc1cc(C)on1. The Balaban J connectivity index is 1.65. The van der Waals surface area contributed by atoms with E-state index in [4.69, 9.17) is 10.4 Å². The molecule has 0 aliphatic heterocycles. The molecule has 0 bridgehead atoms. The third-order valence-corrected chi connectivity index (χ3v) is 6.69. The third-order valence-electron chi connectivity index (χ3n) is 4.48. The van der Waals surface area contributed by atoms with Crippen molar-refractivity contribution in [3.05, 3.63) is 57.9 Å². The van der Waals surface area contributed by atoms with Crippen LogP contribution >= 0.6 is 23.1 Å². The van der Waals surface area contributed by atoms with E-state index in [2.05, 4.69) is 15.5 Å². The highest BCUT2D eigenvalue weighted by Crippen LogP contribution is 2.32. The van der Waals surface area contributed by atoms with Crippen molar-refractivity contribution in [3.8, 4) is 11.1 Å². The van der Waals surface area contributed by atoms with E-state index in [1.165, 1.54) is 11.3 Å². The van der Waals surface area contributed by atoms with Crippen molar-refractivity contribution in [2.24, 2.45) is 0 Å². The number of carbonyl (C=O) groups excluding carboxylic acids is 1. The van der Waals surface area contributed by atoms with Gasteiger partial charge in [0.05, 0.1) is 10.6 Å². The number of fused-ring (bicyclic) bond motifs is 1. The Bertz CT molecular complexity index is 1260. The number of nitrogen functional groups attached to an aromatic ring is 1. The van der Waals surface area contributed by atoms with Gasteiger partial charge in [-0.3, -0.25) is 9.59 Å². The average Bonchev–Trinajstić information content (AvgIpc) is 3.36. The van der Waals surface area contributed by atoms with Crippen LogP contribution in [0.25, 0.3) is 21.3 Å². The van der Waals surface area contributed by atoms with Gasteiger partial charge in [-0.2, -0.15) is 0 Å². The number of hydrogen-bond acceptors (Lipinski definition) is 8. The van der Waals surface area contributed by atoms with Gasteiger partial charge in [-0.05, 0) is 18.9 Å². The van der Waals surface area contributed by atoms with Crippen LogP contribution in [0.3, 0.4) is 0 Å². The molecule has 8 nitrogen and oxygen atoms in total. The number of benzene rings is 1. The van der Waals surface area contributed by atoms with Crippen molar-refractivity contribution in [3.63, 3.8) is 0 Å². The van der Waals surface area contributed by atoms with Gasteiger partial charge in [0, 0.05) is 17.0 Å².